The van der Waals surface area contributed by atoms with Crippen LogP contribution in [0.1, 0.15) is 34.1 Å². The van der Waals surface area contributed by atoms with Crippen LogP contribution < -0.4 is 4.90 Å². The van der Waals surface area contributed by atoms with E-state index in [1.807, 2.05) is 54.6 Å². The van der Waals surface area contributed by atoms with E-state index in [1.165, 1.54) is 4.90 Å². The van der Waals surface area contributed by atoms with Crippen LogP contribution in [-0.4, -0.2) is 35.7 Å². The quantitative estimate of drug-likeness (QED) is 0.639. The molecule has 0 aromatic heterocycles. The van der Waals surface area contributed by atoms with Crippen molar-refractivity contribution in [2.24, 2.45) is 0 Å². The zero-order valence-corrected chi connectivity index (χ0v) is 15.6. The van der Waals surface area contributed by atoms with Gasteiger partial charge >= 0.3 is 0 Å². The molecule has 1 heterocycles. The van der Waals surface area contributed by atoms with Crippen molar-refractivity contribution in [2.45, 2.75) is 13.3 Å². The Morgan fingerprint density at radius 3 is 2.04 bits per heavy atom. The normalized spacial score (nSPS) is 13.1. The van der Waals surface area contributed by atoms with E-state index in [0.29, 0.717) is 22.9 Å². The molecule has 0 aliphatic carbocycles. The molecule has 0 bridgehead atoms. The second kappa shape index (κ2) is 7.27. The fourth-order valence-electron chi connectivity index (χ4n) is 3.68. The van der Waals surface area contributed by atoms with E-state index in [0.717, 1.165) is 11.1 Å². The highest BCUT2D eigenvalue weighted by atomic mass is 16.2. The molecule has 0 fully saturated rings. The first-order valence-corrected chi connectivity index (χ1v) is 9.35. The number of anilines is 1. The van der Waals surface area contributed by atoms with Crippen molar-refractivity contribution >= 4 is 34.2 Å². The second-order valence-electron chi connectivity index (χ2n) is 6.71. The highest BCUT2D eigenvalue weighted by Crippen LogP contribution is 2.30. The number of benzene rings is 3. The monoisotopic (exact) mass is 372 g/mol. The molecular formula is C23H20N2O3. The van der Waals surface area contributed by atoms with E-state index in [4.69, 9.17) is 0 Å². The highest BCUT2D eigenvalue weighted by molar-refractivity contribution is 6.25. The van der Waals surface area contributed by atoms with Crippen molar-refractivity contribution in [1.82, 2.24) is 4.90 Å². The molecule has 0 atom stereocenters. The molecule has 5 heteroatoms. The maximum atomic E-state index is 13.0. The number of para-hydroxylation sites is 1. The van der Waals surface area contributed by atoms with E-state index in [2.05, 4.69) is 0 Å². The molecule has 0 radical (unpaired) electrons. The van der Waals surface area contributed by atoms with Gasteiger partial charge in [0.2, 0.25) is 5.91 Å². The average molecular weight is 372 g/mol. The van der Waals surface area contributed by atoms with Gasteiger partial charge in [-0.2, -0.15) is 0 Å². The summed E-state index contributed by atoms with van der Waals surface area (Å²) in [5.41, 5.74) is 1.82. The molecule has 0 saturated carbocycles. The first kappa shape index (κ1) is 17.9. The van der Waals surface area contributed by atoms with E-state index >= 15 is 0 Å². The molecule has 3 aromatic carbocycles. The minimum Gasteiger partial charge on any atom is -0.311 e. The smallest absolute Gasteiger partial charge is 0.261 e. The van der Waals surface area contributed by atoms with Gasteiger partial charge in [0.15, 0.2) is 0 Å². The Morgan fingerprint density at radius 1 is 0.857 bits per heavy atom. The lowest BCUT2D eigenvalue weighted by molar-refractivity contribution is -0.118. The van der Waals surface area contributed by atoms with E-state index in [9.17, 15) is 14.4 Å². The second-order valence-corrected chi connectivity index (χ2v) is 6.71. The fourth-order valence-corrected chi connectivity index (χ4v) is 3.68. The molecule has 3 amide bonds. The molecule has 140 valence electrons. The Bertz CT molecular complexity index is 1020. The topological polar surface area (TPSA) is 57.7 Å². The first-order valence-electron chi connectivity index (χ1n) is 9.35. The summed E-state index contributed by atoms with van der Waals surface area (Å²) in [6.45, 7) is 2.20. The molecule has 0 unspecified atom stereocenters. The van der Waals surface area contributed by atoms with Gasteiger partial charge in [-0.3, -0.25) is 19.3 Å². The number of carbonyl (C=O) groups excluding carboxylic acids is 3. The minimum absolute atomic E-state index is 0.0504. The van der Waals surface area contributed by atoms with Gasteiger partial charge in [0.05, 0.1) is 0 Å². The van der Waals surface area contributed by atoms with Crippen molar-refractivity contribution in [3.05, 3.63) is 77.9 Å². The Balaban J connectivity index is 1.64. The molecule has 3 aromatic rings. The molecule has 0 saturated heterocycles. The summed E-state index contributed by atoms with van der Waals surface area (Å²) >= 11 is 0. The number of carbonyl (C=O) groups is 3. The summed E-state index contributed by atoms with van der Waals surface area (Å²) in [4.78, 5) is 41.3. The predicted octanol–water partition coefficient (Wildman–Crippen LogP) is 3.88. The summed E-state index contributed by atoms with van der Waals surface area (Å²) in [5.74, 6) is -0.678. The van der Waals surface area contributed by atoms with Crippen LogP contribution in [-0.2, 0) is 4.79 Å². The highest BCUT2D eigenvalue weighted by Gasteiger charge is 2.33. The van der Waals surface area contributed by atoms with Gasteiger partial charge in [-0.25, -0.2) is 0 Å². The van der Waals surface area contributed by atoms with Crippen LogP contribution in [0.3, 0.4) is 0 Å². The molecule has 5 nitrogen and oxygen atoms in total. The van der Waals surface area contributed by atoms with Crippen LogP contribution in [0.4, 0.5) is 5.69 Å². The van der Waals surface area contributed by atoms with Gasteiger partial charge in [-0.05, 0) is 29.7 Å². The number of imide groups is 1. The van der Waals surface area contributed by atoms with Crippen molar-refractivity contribution < 1.29 is 14.4 Å². The van der Waals surface area contributed by atoms with E-state index in [1.54, 1.807) is 24.0 Å². The van der Waals surface area contributed by atoms with Crippen LogP contribution in [0.2, 0.25) is 0 Å². The molecule has 4 rings (SSSR count). The number of nitrogens with zero attached hydrogens (tertiary/aromatic N) is 2. The number of hydrogen-bond donors (Lipinski definition) is 0. The lowest BCUT2D eigenvalue weighted by Crippen LogP contribution is -2.45. The van der Waals surface area contributed by atoms with Crippen LogP contribution in [0.15, 0.2) is 66.7 Å². The molecular weight excluding hydrogens is 352 g/mol. The number of rotatable bonds is 5. The standard InChI is InChI=1S/C23H20N2O3/c1-2-20(26)24(17-10-4-3-5-11-17)14-15-25-22(27)18-12-6-8-16-9-7-13-19(21(16)18)23(25)28/h3-13H,2,14-15H2,1H3. The van der Waals surface area contributed by atoms with Crippen LogP contribution in [0.25, 0.3) is 10.8 Å². The SMILES string of the molecule is CCC(=O)N(CCN1C(=O)c2cccc3cccc(c23)C1=O)c1ccccc1. The van der Waals surface area contributed by atoms with Crippen molar-refractivity contribution in [3.8, 4) is 0 Å². The first-order chi connectivity index (χ1) is 13.6. The van der Waals surface area contributed by atoms with Crippen LogP contribution >= 0.6 is 0 Å². The third kappa shape index (κ3) is 2.95. The summed E-state index contributed by atoms with van der Waals surface area (Å²) in [5, 5.41) is 1.59. The zero-order valence-electron chi connectivity index (χ0n) is 15.6. The third-order valence-electron chi connectivity index (χ3n) is 5.07. The summed E-state index contributed by atoms with van der Waals surface area (Å²) in [6, 6.07) is 20.2. The Kier molecular flexibility index (Phi) is 4.65. The van der Waals surface area contributed by atoms with Gasteiger partial charge in [0.25, 0.3) is 11.8 Å². The lowest BCUT2D eigenvalue weighted by atomic mass is 9.94. The largest absolute Gasteiger partial charge is 0.311 e. The molecule has 0 spiro atoms. The lowest BCUT2D eigenvalue weighted by Gasteiger charge is -2.30. The summed E-state index contributed by atoms with van der Waals surface area (Å²) < 4.78 is 0. The molecule has 0 N–H and O–H groups in total. The van der Waals surface area contributed by atoms with E-state index < -0.39 is 0 Å². The van der Waals surface area contributed by atoms with E-state index in [-0.39, 0.29) is 30.8 Å². The number of hydrogen-bond acceptors (Lipinski definition) is 3. The maximum Gasteiger partial charge on any atom is 0.261 e. The van der Waals surface area contributed by atoms with Gasteiger partial charge < -0.3 is 4.90 Å². The van der Waals surface area contributed by atoms with Gasteiger partial charge in [-0.1, -0.05) is 49.4 Å². The zero-order chi connectivity index (χ0) is 19.7. The third-order valence-corrected chi connectivity index (χ3v) is 5.07. The van der Waals surface area contributed by atoms with Gasteiger partial charge in [0.1, 0.15) is 0 Å². The maximum absolute atomic E-state index is 13.0. The van der Waals surface area contributed by atoms with Crippen molar-refractivity contribution in [3.63, 3.8) is 0 Å². The van der Waals surface area contributed by atoms with Crippen molar-refractivity contribution in [2.75, 3.05) is 18.0 Å². The predicted molar refractivity (Wildman–Crippen MR) is 108 cm³/mol. The summed E-state index contributed by atoms with van der Waals surface area (Å²) in [6.07, 6.45) is 0.346. The van der Waals surface area contributed by atoms with Gasteiger partial charge in [-0.15, -0.1) is 0 Å². The number of amides is 3. The average Bonchev–Trinajstić information content (AvgIpc) is 2.74. The molecule has 1 aliphatic rings. The van der Waals surface area contributed by atoms with Crippen LogP contribution in [0.5, 0.6) is 0 Å². The van der Waals surface area contributed by atoms with Gasteiger partial charge in [0, 0.05) is 41.7 Å². The van der Waals surface area contributed by atoms with Crippen molar-refractivity contribution in [1.29, 1.82) is 0 Å². The Morgan fingerprint density at radius 2 is 1.46 bits per heavy atom. The Labute approximate surface area is 163 Å². The Hall–Kier alpha value is -3.47. The fraction of sp³-hybridized carbons (Fsp3) is 0.174. The molecule has 1 aliphatic heterocycles. The summed E-state index contributed by atoms with van der Waals surface area (Å²) in [7, 11) is 0. The minimum atomic E-state index is -0.314. The molecule has 28 heavy (non-hydrogen) atoms. The van der Waals surface area contributed by atoms with Crippen LogP contribution in [0, 0.1) is 0 Å².